The van der Waals surface area contributed by atoms with Gasteiger partial charge in [-0.1, -0.05) is 42.1 Å². The molecule has 2 heterocycles. The minimum Gasteiger partial charge on any atom is -0.483 e. The molecule has 1 N–H and O–H groups in total. The SMILES string of the molecule is C=CCn1c(SCC(=O)Nc2c(C)n(C)n(-c3ccccc3)c2=O)nnc1C(C)Oc1cc(C)cc(C)c1. The molecule has 0 fully saturated rings. The summed E-state index contributed by atoms with van der Waals surface area (Å²) in [5.41, 5.74) is 3.58. The zero-order valence-corrected chi connectivity index (χ0v) is 23.1. The first-order valence-electron chi connectivity index (χ1n) is 12.2. The fraction of sp³-hybridized carbons (Fsp3) is 0.286. The molecule has 0 aliphatic rings. The normalized spacial score (nSPS) is 11.8. The van der Waals surface area contributed by atoms with Gasteiger partial charge in [-0.15, -0.1) is 16.8 Å². The maximum atomic E-state index is 13.1. The number of anilines is 1. The molecule has 0 radical (unpaired) electrons. The molecular formula is C28H32N6O3S. The number of nitrogens with zero attached hydrogens (tertiary/aromatic N) is 5. The first kappa shape index (κ1) is 27.0. The summed E-state index contributed by atoms with van der Waals surface area (Å²) in [5.74, 6) is 1.14. The summed E-state index contributed by atoms with van der Waals surface area (Å²) < 4.78 is 11.3. The zero-order valence-electron chi connectivity index (χ0n) is 22.3. The van der Waals surface area contributed by atoms with E-state index in [1.54, 1.807) is 24.7 Å². The van der Waals surface area contributed by atoms with Crippen molar-refractivity contribution in [1.29, 1.82) is 0 Å². The molecule has 4 aromatic rings. The Labute approximate surface area is 226 Å². The lowest BCUT2D eigenvalue weighted by molar-refractivity contribution is -0.113. The highest BCUT2D eigenvalue weighted by Gasteiger charge is 2.22. The van der Waals surface area contributed by atoms with Crippen LogP contribution in [0.2, 0.25) is 0 Å². The van der Waals surface area contributed by atoms with Crippen LogP contribution in [0.4, 0.5) is 5.69 Å². The molecule has 2 aromatic heterocycles. The van der Waals surface area contributed by atoms with Crippen molar-refractivity contribution in [3.8, 4) is 11.4 Å². The fourth-order valence-corrected chi connectivity index (χ4v) is 5.04. The Morgan fingerprint density at radius 2 is 1.82 bits per heavy atom. The second-order valence-corrected chi connectivity index (χ2v) is 10.0. The van der Waals surface area contributed by atoms with E-state index in [9.17, 15) is 9.59 Å². The minimum atomic E-state index is -0.366. The maximum absolute atomic E-state index is 13.1. The van der Waals surface area contributed by atoms with Crippen LogP contribution in [0, 0.1) is 20.8 Å². The Balaban J connectivity index is 1.48. The van der Waals surface area contributed by atoms with Crippen LogP contribution in [-0.2, 0) is 18.4 Å². The summed E-state index contributed by atoms with van der Waals surface area (Å²) in [4.78, 5) is 26.0. The van der Waals surface area contributed by atoms with Crippen molar-refractivity contribution in [3.63, 3.8) is 0 Å². The Morgan fingerprint density at radius 1 is 1.13 bits per heavy atom. The van der Waals surface area contributed by atoms with Crippen LogP contribution in [0.3, 0.4) is 0 Å². The molecule has 1 atom stereocenters. The fourth-order valence-electron chi connectivity index (χ4n) is 4.28. The summed E-state index contributed by atoms with van der Waals surface area (Å²) in [6.07, 6.45) is 1.38. The minimum absolute atomic E-state index is 0.0563. The van der Waals surface area contributed by atoms with Crippen LogP contribution < -0.4 is 15.6 Å². The Morgan fingerprint density at radius 3 is 2.47 bits per heavy atom. The molecule has 10 heteroatoms. The van der Waals surface area contributed by atoms with Gasteiger partial charge in [-0.2, -0.15) is 0 Å². The lowest BCUT2D eigenvalue weighted by Crippen LogP contribution is -2.23. The van der Waals surface area contributed by atoms with E-state index >= 15 is 0 Å². The summed E-state index contributed by atoms with van der Waals surface area (Å²) in [6.45, 7) is 12.1. The number of carbonyl (C=O) groups is 1. The van der Waals surface area contributed by atoms with Gasteiger partial charge in [0.25, 0.3) is 5.56 Å². The number of rotatable bonds is 10. The number of benzene rings is 2. The average Bonchev–Trinajstić information content (AvgIpc) is 3.36. The van der Waals surface area contributed by atoms with Crippen LogP contribution >= 0.6 is 11.8 Å². The molecule has 0 aliphatic carbocycles. The molecule has 0 saturated heterocycles. The van der Waals surface area contributed by atoms with Gasteiger partial charge in [0.1, 0.15) is 11.4 Å². The van der Waals surface area contributed by atoms with Crippen molar-refractivity contribution in [2.75, 3.05) is 11.1 Å². The smallest absolute Gasteiger partial charge is 0.295 e. The number of ether oxygens (including phenoxy) is 1. The summed E-state index contributed by atoms with van der Waals surface area (Å²) in [6, 6.07) is 15.3. The Bertz CT molecular complexity index is 1500. The third kappa shape index (κ3) is 5.75. The van der Waals surface area contributed by atoms with Gasteiger partial charge in [-0.25, -0.2) is 4.68 Å². The second kappa shape index (κ2) is 11.6. The third-order valence-electron chi connectivity index (χ3n) is 6.08. The van der Waals surface area contributed by atoms with Gasteiger partial charge in [0.2, 0.25) is 5.91 Å². The van der Waals surface area contributed by atoms with Crippen LogP contribution in [0.5, 0.6) is 5.75 Å². The molecule has 38 heavy (non-hydrogen) atoms. The molecule has 0 spiro atoms. The number of hydrogen-bond donors (Lipinski definition) is 1. The van der Waals surface area contributed by atoms with Gasteiger partial charge in [0, 0.05) is 13.6 Å². The number of aryl methyl sites for hydroxylation is 2. The van der Waals surface area contributed by atoms with Crippen LogP contribution in [-0.4, -0.2) is 35.8 Å². The number of nitrogens with one attached hydrogen (secondary N) is 1. The molecule has 0 bridgehead atoms. The van der Waals surface area contributed by atoms with Gasteiger partial charge < -0.3 is 10.1 Å². The molecule has 198 valence electrons. The zero-order chi connectivity index (χ0) is 27.4. The van der Waals surface area contributed by atoms with Crippen molar-refractivity contribution in [2.45, 2.75) is 45.5 Å². The quantitative estimate of drug-likeness (QED) is 0.234. The van der Waals surface area contributed by atoms with Crippen LogP contribution in [0.1, 0.15) is 35.7 Å². The lowest BCUT2D eigenvalue weighted by atomic mass is 10.1. The van der Waals surface area contributed by atoms with Gasteiger partial charge in [-0.05, 0) is 63.1 Å². The van der Waals surface area contributed by atoms with E-state index in [-0.39, 0.29) is 29.0 Å². The van der Waals surface area contributed by atoms with E-state index < -0.39 is 0 Å². The number of hydrogen-bond acceptors (Lipinski definition) is 6. The molecule has 2 aromatic carbocycles. The highest BCUT2D eigenvalue weighted by molar-refractivity contribution is 7.99. The summed E-state index contributed by atoms with van der Waals surface area (Å²) in [5, 5.41) is 12.0. The number of allylic oxidation sites excluding steroid dienone is 1. The maximum Gasteiger partial charge on any atom is 0.295 e. The second-order valence-electron chi connectivity index (χ2n) is 9.10. The number of thioether (sulfide) groups is 1. The molecular weight excluding hydrogens is 500 g/mol. The van der Waals surface area contributed by atoms with E-state index in [0.717, 1.165) is 22.6 Å². The first-order valence-corrected chi connectivity index (χ1v) is 13.2. The molecule has 4 rings (SSSR count). The number of para-hydroxylation sites is 1. The summed E-state index contributed by atoms with van der Waals surface area (Å²) >= 11 is 1.24. The lowest BCUT2D eigenvalue weighted by Gasteiger charge is -2.16. The van der Waals surface area contributed by atoms with Crippen molar-refractivity contribution in [2.24, 2.45) is 7.05 Å². The monoisotopic (exact) mass is 532 g/mol. The molecule has 9 nitrogen and oxygen atoms in total. The summed E-state index contributed by atoms with van der Waals surface area (Å²) in [7, 11) is 1.79. The Hall–Kier alpha value is -4.05. The van der Waals surface area contributed by atoms with Gasteiger partial charge in [0.05, 0.1) is 17.1 Å². The van der Waals surface area contributed by atoms with E-state index in [1.807, 2.05) is 67.8 Å². The number of aromatic nitrogens is 5. The van der Waals surface area contributed by atoms with E-state index in [2.05, 4.69) is 28.2 Å². The Kier molecular flexibility index (Phi) is 8.21. The van der Waals surface area contributed by atoms with Crippen LogP contribution in [0.25, 0.3) is 5.69 Å². The third-order valence-corrected chi connectivity index (χ3v) is 7.05. The van der Waals surface area contributed by atoms with Crippen molar-refractivity contribution >= 4 is 23.4 Å². The molecule has 1 unspecified atom stereocenters. The van der Waals surface area contributed by atoms with Crippen molar-refractivity contribution in [1.82, 2.24) is 24.1 Å². The largest absolute Gasteiger partial charge is 0.483 e. The highest BCUT2D eigenvalue weighted by atomic mass is 32.2. The number of carbonyl (C=O) groups excluding carboxylic acids is 1. The van der Waals surface area contributed by atoms with Gasteiger partial charge >= 0.3 is 0 Å². The van der Waals surface area contributed by atoms with Gasteiger partial charge in [-0.3, -0.25) is 18.8 Å². The van der Waals surface area contributed by atoms with Crippen molar-refractivity contribution < 1.29 is 9.53 Å². The van der Waals surface area contributed by atoms with E-state index in [1.165, 1.54) is 16.4 Å². The topological polar surface area (TPSA) is 96.0 Å². The molecule has 1 amide bonds. The van der Waals surface area contributed by atoms with E-state index in [0.29, 0.717) is 23.2 Å². The number of amides is 1. The predicted molar refractivity (Wildman–Crippen MR) is 150 cm³/mol. The molecule has 0 saturated carbocycles. The van der Waals surface area contributed by atoms with Gasteiger partial charge in [0.15, 0.2) is 17.1 Å². The van der Waals surface area contributed by atoms with E-state index in [4.69, 9.17) is 4.74 Å². The van der Waals surface area contributed by atoms with Crippen molar-refractivity contribution in [3.05, 3.63) is 94.2 Å². The predicted octanol–water partition coefficient (Wildman–Crippen LogP) is 4.75. The standard InChI is InChI=1S/C28H32N6O3S/c1-7-13-33-26(21(5)37-23-15-18(2)14-19(3)16-23)30-31-28(33)38-17-24(35)29-25-20(4)32(6)34(27(25)36)22-11-9-8-10-12-22/h7-12,14-16,21H,1,13,17H2,2-6H3,(H,29,35). The highest BCUT2D eigenvalue weighted by Crippen LogP contribution is 2.26. The first-order chi connectivity index (χ1) is 18.2. The average molecular weight is 533 g/mol. The molecule has 0 aliphatic heterocycles. The van der Waals surface area contributed by atoms with Crippen LogP contribution in [0.15, 0.2) is 71.1 Å².